The monoisotopic (exact) mass is 301 g/mol. The van der Waals surface area contributed by atoms with Crippen LogP contribution >= 0.6 is 0 Å². The van der Waals surface area contributed by atoms with Gasteiger partial charge in [-0.2, -0.15) is 0 Å². The van der Waals surface area contributed by atoms with Crippen LogP contribution in [0.4, 0.5) is 5.69 Å². The fraction of sp³-hybridized carbons (Fsp3) is 0.375. The molecule has 0 saturated carbocycles. The number of piperazine rings is 1. The molecule has 0 bridgehead atoms. The molecule has 0 atom stereocenters. The summed E-state index contributed by atoms with van der Waals surface area (Å²) < 4.78 is 10.7. The highest BCUT2D eigenvalue weighted by Gasteiger charge is 2.26. The number of amides is 1. The Kier molecular flexibility index (Phi) is 4.00. The number of carbonyl (C=O) groups excluding carboxylic acids is 1. The molecule has 6 heteroatoms. The van der Waals surface area contributed by atoms with Crippen LogP contribution in [0.1, 0.15) is 16.4 Å². The lowest BCUT2D eigenvalue weighted by Crippen LogP contribution is -2.49. The highest BCUT2D eigenvalue weighted by atomic mass is 16.5. The Morgan fingerprint density at radius 2 is 1.95 bits per heavy atom. The number of methoxy groups -OCH3 is 1. The number of anilines is 1. The van der Waals surface area contributed by atoms with E-state index in [0.717, 1.165) is 24.5 Å². The summed E-state index contributed by atoms with van der Waals surface area (Å²) in [5, 5.41) is 0. The predicted molar refractivity (Wildman–Crippen MR) is 82.4 cm³/mol. The smallest absolute Gasteiger partial charge is 0.309 e. The Bertz CT molecular complexity index is 660. The summed E-state index contributed by atoms with van der Waals surface area (Å²) >= 11 is 0. The van der Waals surface area contributed by atoms with E-state index in [-0.39, 0.29) is 11.8 Å². The van der Waals surface area contributed by atoms with Gasteiger partial charge in [-0.05, 0) is 19.1 Å². The van der Waals surface area contributed by atoms with Gasteiger partial charge in [0.05, 0.1) is 19.0 Å². The molecule has 0 spiro atoms. The molecule has 0 radical (unpaired) electrons. The average Bonchev–Trinajstić information content (AvgIpc) is 3.01. The van der Waals surface area contributed by atoms with Crippen molar-refractivity contribution in [2.45, 2.75) is 6.92 Å². The Hall–Kier alpha value is -2.50. The molecule has 22 heavy (non-hydrogen) atoms. The standard InChI is InChI=1S/C16H19N3O3/c1-12-11-17-15(22-12)16(20)19-9-7-18(8-10-19)13-5-3-4-6-14(13)21-2/h3-6,11H,7-10H2,1-2H3. The summed E-state index contributed by atoms with van der Waals surface area (Å²) in [5.41, 5.74) is 1.06. The number of para-hydroxylation sites is 2. The zero-order valence-corrected chi connectivity index (χ0v) is 12.8. The van der Waals surface area contributed by atoms with Crippen molar-refractivity contribution in [2.75, 3.05) is 38.2 Å². The van der Waals surface area contributed by atoms with Gasteiger partial charge in [0.1, 0.15) is 11.5 Å². The van der Waals surface area contributed by atoms with E-state index in [4.69, 9.17) is 9.15 Å². The second-order valence-electron chi connectivity index (χ2n) is 5.23. The zero-order chi connectivity index (χ0) is 15.5. The third kappa shape index (κ3) is 2.77. The maximum atomic E-state index is 12.3. The molecule has 3 rings (SSSR count). The van der Waals surface area contributed by atoms with E-state index in [1.165, 1.54) is 0 Å². The van der Waals surface area contributed by atoms with E-state index in [1.807, 2.05) is 24.3 Å². The fourth-order valence-corrected chi connectivity index (χ4v) is 2.63. The number of oxazole rings is 1. The van der Waals surface area contributed by atoms with Crippen LogP contribution < -0.4 is 9.64 Å². The number of ether oxygens (including phenoxy) is 1. The molecular formula is C16H19N3O3. The van der Waals surface area contributed by atoms with Gasteiger partial charge in [0, 0.05) is 26.2 Å². The number of hydrogen-bond donors (Lipinski definition) is 0. The summed E-state index contributed by atoms with van der Waals surface area (Å²) in [6.45, 7) is 4.57. The van der Waals surface area contributed by atoms with Crippen LogP contribution in [0.5, 0.6) is 5.75 Å². The topological polar surface area (TPSA) is 58.8 Å². The normalized spacial score (nSPS) is 15.0. The Balaban J connectivity index is 1.66. The summed E-state index contributed by atoms with van der Waals surface area (Å²) in [6.07, 6.45) is 1.57. The SMILES string of the molecule is COc1ccccc1N1CCN(C(=O)c2ncc(C)o2)CC1. The van der Waals surface area contributed by atoms with E-state index in [1.54, 1.807) is 25.1 Å². The van der Waals surface area contributed by atoms with Crippen molar-refractivity contribution in [2.24, 2.45) is 0 Å². The molecule has 1 amide bonds. The minimum atomic E-state index is -0.146. The summed E-state index contributed by atoms with van der Waals surface area (Å²) in [5.74, 6) is 1.53. The highest BCUT2D eigenvalue weighted by molar-refractivity contribution is 5.89. The number of aryl methyl sites for hydroxylation is 1. The fourth-order valence-electron chi connectivity index (χ4n) is 2.63. The molecule has 2 aromatic rings. The number of benzene rings is 1. The summed E-state index contributed by atoms with van der Waals surface area (Å²) in [7, 11) is 1.67. The molecule has 6 nitrogen and oxygen atoms in total. The lowest BCUT2D eigenvalue weighted by molar-refractivity contribution is 0.0705. The number of rotatable bonds is 3. The van der Waals surface area contributed by atoms with Gasteiger partial charge in [0.15, 0.2) is 0 Å². The first kappa shape index (κ1) is 14.4. The van der Waals surface area contributed by atoms with Gasteiger partial charge >= 0.3 is 5.91 Å². The third-order valence-corrected chi connectivity index (χ3v) is 3.80. The van der Waals surface area contributed by atoms with Gasteiger partial charge < -0.3 is 19.0 Å². The van der Waals surface area contributed by atoms with Crippen molar-refractivity contribution >= 4 is 11.6 Å². The number of carbonyl (C=O) groups is 1. The second-order valence-corrected chi connectivity index (χ2v) is 5.23. The maximum absolute atomic E-state index is 12.3. The molecule has 116 valence electrons. The molecule has 1 aromatic heterocycles. The highest BCUT2D eigenvalue weighted by Crippen LogP contribution is 2.28. The van der Waals surface area contributed by atoms with Crippen LogP contribution in [0.2, 0.25) is 0 Å². The summed E-state index contributed by atoms with van der Waals surface area (Å²) in [6, 6.07) is 7.92. The molecule has 0 N–H and O–H groups in total. The van der Waals surface area contributed by atoms with Crippen LogP contribution in [-0.4, -0.2) is 49.1 Å². The minimum absolute atomic E-state index is 0.146. The largest absolute Gasteiger partial charge is 0.495 e. The van der Waals surface area contributed by atoms with Crippen molar-refractivity contribution in [3.8, 4) is 5.75 Å². The molecule has 1 aromatic carbocycles. The van der Waals surface area contributed by atoms with E-state index in [2.05, 4.69) is 9.88 Å². The quantitative estimate of drug-likeness (QED) is 0.867. The zero-order valence-electron chi connectivity index (χ0n) is 12.8. The first-order chi connectivity index (χ1) is 10.7. The van der Waals surface area contributed by atoms with Crippen molar-refractivity contribution in [3.05, 3.63) is 42.1 Å². The molecule has 1 fully saturated rings. The number of aromatic nitrogens is 1. The average molecular weight is 301 g/mol. The molecule has 0 aliphatic carbocycles. The molecule has 1 saturated heterocycles. The first-order valence-electron chi connectivity index (χ1n) is 7.28. The van der Waals surface area contributed by atoms with Crippen LogP contribution in [-0.2, 0) is 0 Å². The van der Waals surface area contributed by atoms with E-state index < -0.39 is 0 Å². The molecule has 1 aliphatic heterocycles. The lowest BCUT2D eigenvalue weighted by Gasteiger charge is -2.36. The van der Waals surface area contributed by atoms with E-state index >= 15 is 0 Å². The van der Waals surface area contributed by atoms with Crippen LogP contribution in [0.15, 0.2) is 34.9 Å². The van der Waals surface area contributed by atoms with Gasteiger partial charge in [0.25, 0.3) is 5.89 Å². The van der Waals surface area contributed by atoms with Crippen LogP contribution in [0, 0.1) is 6.92 Å². The summed E-state index contributed by atoms with van der Waals surface area (Å²) in [4.78, 5) is 20.3. The van der Waals surface area contributed by atoms with Crippen LogP contribution in [0.25, 0.3) is 0 Å². The van der Waals surface area contributed by atoms with Gasteiger partial charge in [-0.25, -0.2) is 4.98 Å². The van der Waals surface area contributed by atoms with Gasteiger partial charge in [-0.3, -0.25) is 4.79 Å². The van der Waals surface area contributed by atoms with Gasteiger partial charge in [-0.15, -0.1) is 0 Å². The van der Waals surface area contributed by atoms with Crippen molar-refractivity contribution in [3.63, 3.8) is 0 Å². The molecule has 2 heterocycles. The Labute approximate surface area is 129 Å². The Morgan fingerprint density at radius 1 is 1.23 bits per heavy atom. The lowest BCUT2D eigenvalue weighted by atomic mass is 10.2. The van der Waals surface area contributed by atoms with E-state index in [9.17, 15) is 4.79 Å². The first-order valence-corrected chi connectivity index (χ1v) is 7.28. The second kappa shape index (κ2) is 6.09. The Morgan fingerprint density at radius 3 is 2.59 bits per heavy atom. The van der Waals surface area contributed by atoms with E-state index in [0.29, 0.717) is 18.8 Å². The molecule has 0 unspecified atom stereocenters. The number of nitrogens with zero attached hydrogens (tertiary/aromatic N) is 3. The predicted octanol–water partition coefficient (Wildman–Crippen LogP) is 1.95. The number of hydrogen-bond acceptors (Lipinski definition) is 5. The molecular weight excluding hydrogens is 282 g/mol. The third-order valence-electron chi connectivity index (χ3n) is 3.80. The van der Waals surface area contributed by atoms with Crippen molar-refractivity contribution < 1.29 is 13.9 Å². The van der Waals surface area contributed by atoms with Crippen LogP contribution in [0.3, 0.4) is 0 Å². The maximum Gasteiger partial charge on any atom is 0.309 e. The molecule has 1 aliphatic rings. The van der Waals surface area contributed by atoms with Crippen molar-refractivity contribution in [1.29, 1.82) is 0 Å². The van der Waals surface area contributed by atoms with Crippen molar-refractivity contribution in [1.82, 2.24) is 9.88 Å². The van der Waals surface area contributed by atoms with Gasteiger partial charge in [-0.1, -0.05) is 12.1 Å². The van der Waals surface area contributed by atoms with Gasteiger partial charge in [0.2, 0.25) is 0 Å². The minimum Gasteiger partial charge on any atom is -0.495 e.